The van der Waals surface area contributed by atoms with E-state index >= 15 is 8.63 Å². The standard InChI is InChI=1S/C19H19BF2N2O/c1-12-13(2)19-11-16-7-10-18(15-5-8-17(25-4)9-6-15)24(16)20(21,22)23(19)14(12)3/h5-11H,1-4H3. The molecule has 25 heavy (non-hydrogen) atoms. The van der Waals surface area contributed by atoms with Gasteiger partial charge < -0.3 is 22.3 Å². The summed E-state index contributed by atoms with van der Waals surface area (Å²) in [6.07, 6.45) is 5.37. The van der Waals surface area contributed by atoms with Crippen LogP contribution < -0.4 is 4.74 Å². The van der Waals surface area contributed by atoms with Gasteiger partial charge in [0.25, 0.3) is 0 Å². The molecule has 4 rings (SSSR count). The van der Waals surface area contributed by atoms with Crippen LogP contribution in [0.15, 0.2) is 42.1 Å². The van der Waals surface area contributed by atoms with Gasteiger partial charge in [0, 0.05) is 29.5 Å². The highest BCUT2D eigenvalue weighted by atomic mass is 19.2. The van der Waals surface area contributed by atoms with Gasteiger partial charge in [-0.25, -0.2) is 0 Å². The van der Waals surface area contributed by atoms with Crippen LogP contribution in [0.3, 0.4) is 0 Å². The Hall–Kier alpha value is -2.63. The number of ether oxygens (including phenoxy) is 1. The van der Waals surface area contributed by atoms with Crippen LogP contribution in [0.4, 0.5) is 8.63 Å². The average Bonchev–Trinajstić information content (AvgIpc) is 3.12. The number of halogens is 2. The first-order valence-electron chi connectivity index (χ1n) is 8.27. The molecule has 0 aliphatic carbocycles. The van der Waals surface area contributed by atoms with Crippen molar-refractivity contribution in [3.8, 4) is 5.75 Å². The maximum Gasteiger partial charge on any atom is 0.737 e. The molecule has 6 heteroatoms. The second kappa shape index (κ2) is 5.18. The van der Waals surface area contributed by atoms with Crippen molar-refractivity contribution in [3.63, 3.8) is 0 Å². The minimum Gasteiger partial charge on any atom is -0.497 e. The fourth-order valence-corrected chi connectivity index (χ4v) is 3.76. The van der Waals surface area contributed by atoms with Gasteiger partial charge in [0.1, 0.15) is 5.75 Å². The van der Waals surface area contributed by atoms with Gasteiger partial charge in [-0.15, -0.1) is 0 Å². The molecule has 2 aromatic rings. The van der Waals surface area contributed by atoms with E-state index in [0.717, 1.165) is 16.7 Å². The van der Waals surface area contributed by atoms with Crippen LogP contribution in [0.1, 0.15) is 28.1 Å². The van der Waals surface area contributed by atoms with E-state index in [1.165, 1.54) is 8.96 Å². The zero-order chi connectivity index (χ0) is 17.9. The van der Waals surface area contributed by atoms with Crippen molar-refractivity contribution >= 4 is 18.8 Å². The third-order valence-corrected chi connectivity index (χ3v) is 5.35. The van der Waals surface area contributed by atoms with Gasteiger partial charge in [-0.05, 0) is 61.9 Å². The summed E-state index contributed by atoms with van der Waals surface area (Å²) in [5.74, 6) is 0.702. The molecular weight excluding hydrogens is 321 g/mol. The van der Waals surface area contributed by atoms with E-state index in [9.17, 15) is 0 Å². The Morgan fingerprint density at radius 2 is 1.68 bits per heavy atom. The van der Waals surface area contributed by atoms with E-state index < -0.39 is 6.97 Å². The predicted molar refractivity (Wildman–Crippen MR) is 96.5 cm³/mol. The minimum absolute atomic E-state index is 0.507. The molecule has 3 heterocycles. The van der Waals surface area contributed by atoms with Crippen LogP contribution in [0.2, 0.25) is 0 Å². The Kier molecular flexibility index (Phi) is 3.29. The molecule has 128 valence electrons. The largest absolute Gasteiger partial charge is 0.737 e. The van der Waals surface area contributed by atoms with Gasteiger partial charge in [-0.3, -0.25) is 0 Å². The van der Waals surface area contributed by atoms with Gasteiger partial charge in [0.05, 0.1) is 7.11 Å². The fraction of sp³-hybridized carbons (Fsp3) is 0.211. The van der Waals surface area contributed by atoms with Crippen LogP contribution in [0, 0.1) is 20.8 Å². The molecule has 0 amide bonds. The van der Waals surface area contributed by atoms with Gasteiger partial charge in [0.2, 0.25) is 0 Å². The first-order chi connectivity index (χ1) is 11.9. The Morgan fingerprint density at radius 3 is 2.32 bits per heavy atom. The smallest absolute Gasteiger partial charge is 0.497 e. The monoisotopic (exact) mass is 340 g/mol. The number of hydrogen-bond acceptors (Lipinski definition) is 1. The van der Waals surface area contributed by atoms with Crippen molar-refractivity contribution in [3.05, 3.63) is 70.2 Å². The Bertz CT molecular complexity index is 982. The zero-order valence-electron chi connectivity index (χ0n) is 14.7. The minimum atomic E-state index is -3.95. The molecular formula is C19H19BF2N2O. The number of nitrogens with zero attached hydrogens (tertiary/aromatic N) is 2. The third-order valence-electron chi connectivity index (χ3n) is 5.35. The second-order valence-electron chi connectivity index (χ2n) is 6.57. The lowest BCUT2D eigenvalue weighted by Crippen LogP contribution is -2.50. The van der Waals surface area contributed by atoms with Crippen LogP contribution in [0.5, 0.6) is 5.75 Å². The SMILES string of the molecule is COc1ccc(C2=[N+]3C(=Cc4c(C)c(C)c(C)n4[B-]3(F)F)C=C2)cc1. The molecule has 0 spiro atoms. The van der Waals surface area contributed by atoms with E-state index in [1.54, 1.807) is 38.3 Å². The van der Waals surface area contributed by atoms with Gasteiger partial charge in [-0.1, -0.05) is 0 Å². The maximum absolute atomic E-state index is 15.5. The first-order valence-corrected chi connectivity index (χ1v) is 8.27. The molecule has 0 saturated carbocycles. The summed E-state index contributed by atoms with van der Waals surface area (Å²) in [4.78, 5) is 0. The fourth-order valence-electron chi connectivity index (χ4n) is 3.76. The predicted octanol–water partition coefficient (Wildman–Crippen LogP) is 4.07. The van der Waals surface area contributed by atoms with Gasteiger partial charge in [-0.2, -0.15) is 0 Å². The number of rotatable bonds is 2. The van der Waals surface area contributed by atoms with Crippen molar-refractivity contribution in [2.45, 2.75) is 20.8 Å². The van der Waals surface area contributed by atoms with E-state index in [-0.39, 0.29) is 0 Å². The number of hydrogen-bond donors (Lipinski definition) is 0. The number of fused-ring (bicyclic) bond motifs is 2. The Labute approximate surface area is 145 Å². The van der Waals surface area contributed by atoms with Gasteiger partial charge in [0.15, 0.2) is 11.4 Å². The molecule has 0 unspecified atom stereocenters. The van der Waals surface area contributed by atoms with Crippen molar-refractivity contribution in [1.29, 1.82) is 0 Å². The summed E-state index contributed by atoms with van der Waals surface area (Å²) < 4.78 is 38.5. The summed E-state index contributed by atoms with van der Waals surface area (Å²) in [5.41, 5.74) is 4.84. The molecule has 0 saturated heterocycles. The maximum atomic E-state index is 15.5. The lowest BCUT2D eigenvalue weighted by Gasteiger charge is -2.30. The second-order valence-corrected chi connectivity index (χ2v) is 6.57. The van der Waals surface area contributed by atoms with E-state index in [2.05, 4.69) is 0 Å². The topological polar surface area (TPSA) is 17.2 Å². The highest BCUT2D eigenvalue weighted by molar-refractivity contribution is 6.58. The highest BCUT2D eigenvalue weighted by Gasteiger charge is 2.53. The van der Waals surface area contributed by atoms with Crippen molar-refractivity contribution < 1.29 is 17.9 Å². The number of allylic oxidation sites excluding steroid dienone is 2. The molecule has 2 aliphatic heterocycles. The summed E-state index contributed by atoms with van der Waals surface area (Å²) in [6, 6.07) is 7.19. The van der Waals surface area contributed by atoms with Crippen molar-refractivity contribution in [2.75, 3.05) is 7.11 Å². The average molecular weight is 340 g/mol. The molecule has 3 nitrogen and oxygen atoms in total. The highest BCUT2D eigenvalue weighted by Crippen LogP contribution is 2.36. The van der Waals surface area contributed by atoms with Crippen LogP contribution in [0.25, 0.3) is 6.08 Å². The number of methoxy groups -OCH3 is 1. The van der Waals surface area contributed by atoms with Crippen molar-refractivity contribution in [2.24, 2.45) is 0 Å². The molecule has 2 aliphatic rings. The molecule has 1 aromatic carbocycles. The summed E-state index contributed by atoms with van der Waals surface area (Å²) >= 11 is 0. The van der Waals surface area contributed by atoms with Gasteiger partial charge >= 0.3 is 6.97 Å². The first kappa shape index (κ1) is 15.9. The van der Waals surface area contributed by atoms with E-state index in [0.29, 0.717) is 28.5 Å². The summed E-state index contributed by atoms with van der Waals surface area (Å²) in [6.45, 7) is 1.61. The Morgan fingerprint density at radius 1 is 1.00 bits per heavy atom. The molecule has 1 aromatic heterocycles. The van der Waals surface area contributed by atoms with Crippen molar-refractivity contribution in [1.82, 2.24) is 4.48 Å². The van der Waals surface area contributed by atoms with E-state index in [4.69, 9.17) is 4.74 Å². The van der Waals surface area contributed by atoms with Crippen LogP contribution in [-0.2, 0) is 0 Å². The van der Waals surface area contributed by atoms with Crippen LogP contribution >= 0.6 is 0 Å². The molecule has 0 atom stereocenters. The lowest BCUT2D eigenvalue weighted by molar-refractivity contribution is -0.360. The third kappa shape index (κ3) is 2.06. The lowest BCUT2D eigenvalue weighted by atomic mass is 9.90. The van der Waals surface area contributed by atoms with E-state index in [1.807, 2.05) is 32.1 Å². The summed E-state index contributed by atoms with van der Waals surface area (Å²) in [5, 5.41) is 0. The Balaban J connectivity index is 1.95. The quantitative estimate of drug-likeness (QED) is 0.754. The zero-order valence-corrected chi connectivity index (χ0v) is 14.7. The summed E-state index contributed by atoms with van der Waals surface area (Å²) in [7, 11) is 1.58. The molecule has 0 bridgehead atoms. The molecule has 0 radical (unpaired) electrons. The number of benzene rings is 1. The number of aromatic nitrogens is 1. The normalized spacial score (nSPS) is 17.4. The molecule has 0 N–H and O–H groups in total. The molecule has 0 fully saturated rings. The van der Waals surface area contributed by atoms with Crippen LogP contribution in [-0.4, -0.2) is 28.8 Å².